The standard InChI is InChI=1S/C16H26N2O/c1-12-10-13(6-7-14(12)19-4)15(18(2)3)16(11-17)8-5-9-16/h6-7,10,15H,5,8-9,11,17H2,1-4H3. The first-order valence-corrected chi connectivity index (χ1v) is 7.05. The van der Waals surface area contributed by atoms with Gasteiger partial charge < -0.3 is 15.4 Å². The van der Waals surface area contributed by atoms with Crippen LogP contribution >= 0.6 is 0 Å². The van der Waals surface area contributed by atoms with E-state index in [9.17, 15) is 0 Å². The average Bonchev–Trinajstić information content (AvgIpc) is 2.33. The van der Waals surface area contributed by atoms with Crippen LogP contribution in [0.4, 0.5) is 0 Å². The Morgan fingerprint density at radius 1 is 1.37 bits per heavy atom. The molecule has 1 aromatic rings. The summed E-state index contributed by atoms with van der Waals surface area (Å²) < 4.78 is 5.35. The molecule has 0 aromatic heterocycles. The van der Waals surface area contributed by atoms with Crippen molar-refractivity contribution in [3.63, 3.8) is 0 Å². The number of hydrogen-bond donors (Lipinski definition) is 1. The maximum absolute atomic E-state index is 6.09. The van der Waals surface area contributed by atoms with Crippen molar-refractivity contribution in [2.75, 3.05) is 27.7 Å². The van der Waals surface area contributed by atoms with Crippen LogP contribution in [0.1, 0.15) is 36.4 Å². The van der Waals surface area contributed by atoms with Gasteiger partial charge in [0.25, 0.3) is 0 Å². The van der Waals surface area contributed by atoms with E-state index in [0.29, 0.717) is 6.04 Å². The minimum Gasteiger partial charge on any atom is -0.496 e. The highest BCUT2D eigenvalue weighted by atomic mass is 16.5. The molecule has 3 nitrogen and oxygen atoms in total. The van der Waals surface area contributed by atoms with Gasteiger partial charge in [-0.15, -0.1) is 0 Å². The van der Waals surface area contributed by atoms with Crippen molar-refractivity contribution in [1.29, 1.82) is 0 Å². The van der Waals surface area contributed by atoms with Gasteiger partial charge in [-0.1, -0.05) is 18.6 Å². The third-order valence-electron chi connectivity index (χ3n) is 4.59. The summed E-state index contributed by atoms with van der Waals surface area (Å²) in [6, 6.07) is 6.91. The molecule has 19 heavy (non-hydrogen) atoms. The van der Waals surface area contributed by atoms with Crippen molar-refractivity contribution >= 4 is 0 Å². The highest BCUT2D eigenvalue weighted by Crippen LogP contribution is 2.51. The highest BCUT2D eigenvalue weighted by Gasteiger charge is 2.44. The summed E-state index contributed by atoms with van der Waals surface area (Å²) in [5, 5.41) is 0. The molecule has 0 radical (unpaired) electrons. The van der Waals surface area contributed by atoms with E-state index in [1.165, 1.54) is 30.4 Å². The molecule has 1 fully saturated rings. The number of ether oxygens (including phenoxy) is 1. The predicted octanol–water partition coefficient (Wildman–Crippen LogP) is 2.74. The first-order valence-electron chi connectivity index (χ1n) is 7.05. The average molecular weight is 262 g/mol. The van der Waals surface area contributed by atoms with E-state index >= 15 is 0 Å². The van der Waals surface area contributed by atoms with Crippen molar-refractivity contribution in [1.82, 2.24) is 4.90 Å². The summed E-state index contributed by atoms with van der Waals surface area (Å²) in [6.07, 6.45) is 3.77. The molecule has 0 aliphatic heterocycles. The first-order chi connectivity index (χ1) is 9.04. The van der Waals surface area contributed by atoms with Crippen molar-refractivity contribution < 1.29 is 4.74 Å². The second kappa shape index (κ2) is 5.51. The normalized spacial score (nSPS) is 19.1. The molecule has 1 aliphatic rings. The van der Waals surface area contributed by atoms with Crippen molar-refractivity contribution in [3.05, 3.63) is 29.3 Å². The van der Waals surface area contributed by atoms with Crippen molar-refractivity contribution in [2.45, 2.75) is 32.2 Å². The molecule has 2 rings (SSSR count). The number of aryl methyl sites for hydroxylation is 1. The van der Waals surface area contributed by atoms with E-state index in [4.69, 9.17) is 10.5 Å². The van der Waals surface area contributed by atoms with Crippen LogP contribution in [0.2, 0.25) is 0 Å². The predicted molar refractivity (Wildman–Crippen MR) is 79.5 cm³/mol. The summed E-state index contributed by atoms with van der Waals surface area (Å²) in [5.74, 6) is 0.955. The van der Waals surface area contributed by atoms with Gasteiger partial charge in [-0.05, 0) is 57.6 Å². The Morgan fingerprint density at radius 3 is 2.42 bits per heavy atom. The van der Waals surface area contributed by atoms with E-state index in [1.54, 1.807) is 7.11 Å². The third kappa shape index (κ3) is 2.49. The molecule has 1 unspecified atom stereocenters. The molecular formula is C16H26N2O. The smallest absolute Gasteiger partial charge is 0.121 e. The lowest BCUT2D eigenvalue weighted by Crippen LogP contribution is -2.47. The maximum atomic E-state index is 6.09. The zero-order valence-electron chi connectivity index (χ0n) is 12.6. The Bertz CT molecular complexity index is 433. The molecular weight excluding hydrogens is 236 g/mol. The first kappa shape index (κ1) is 14.4. The van der Waals surface area contributed by atoms with Gasteiger partial charge in [-0.2, -0.15) is 0 Å². The van der Waals surface area contributed by atoms with E-state index in [0.717, 1.165) is 12.3 Å². The number of benzene rings is 1. The molecule has 0 heterocycles. The fourth-order valence-corrected chi connectivity index (χ4v) is 3.49. The van der Waals surface area contributed by atoms with Crippen LogP contribution in [0.5, 0.6) is 5.75 Å². The summed E-state index contributed by atoms with van der Waals surface area (Å²) in [5.41, 5.74) is 8.89. The maximum Gasteiger partial charge on any atom is 0.121 e. The molecule has 0 bridgehead atoms. The lowest BCUT2D eigenvalue weighted by Gasteiger charge is -2.50. The van der Waals surface area contributed by atoms with E-state index < -0.39 is 0 Å². The number of rotatable bonds is 5. The Balaban J connectivity index is 2.37. The van der Waals surface area contributed by atoms with Crippen LogP contribution in [0.3, 0.4) is 0 Å². The Hall–Kier alpha value is -1.06. The van der Waals surface area contributed by atoms with E-state index in [-0.39, 0.29) is 5.41 Å². The summed E-state index contributed by atoms with van der Waals surface area (Å²) in [6.45, 7) is 2.87. The second-order valence-electron chi connectivity index (χ2n) is 6.02. The third-order valence-corrected chi connectivity index (χ3v) is 4.59. The lowest BCUT2D eigenvalue weighted by molar-refractivity contribution is 0.0281. The van der Waals surface area contributed by atoms with Gasteiger partial charge in [0.15, 0.2) is 0 Å². The molecule has 2 N–H and O–H groups in total. The molecule has 106 valence electrons. The van der Waals surface area contributed by atoms with Gasteiger partial charge in [-0.25, -0.2) is 0 Å². The van der Waals surface area contributed by atoms with Crippen LogP contribution in [-0.4, -0.2) is 32.6 Å². The molecule has 1 aromatic carbocycles. The van der Waals surface area contributed by atoms with E-state index in [2.05, 4.69) is 44.1 Å². The number of nitrogens with two attached hydrogens (primary N) is 1. The van der Waals surface area contributed by atoms with Gasteiger partial charge in [-0.3, -0.25) is 0 Å². The fraction of sp³-hybridized carbons (Fsp3) is 0.625. The van der Waals surface area contributed by atoms with Crippen LogP contribution in [0.15, 0.2) is 18.2 Å². The quantitative estimate of drug-likeness (QED) is 0.886. The molecule has 0 saturated heterocycles. The van der Waals surface area contributed by atoms with Crippen molar-refractivity contribution in [2.24, 2.45) is 11.1 Å². The Labute approximate surface area is 116 Å². The van der Waals surface area contributed by atoms with Crippen LogP contribution in [0.25, 0.3) is 0 Å². The largest absolute Gasteiger partial charge is 0.496 e. The number of hydrogen-bond acceptors (Lipinski definition) is 3. The lowest BCUT2D eigenvalue weighted by atomic mass is 9.62. The Kier molecular flexibility index (Phi) is 4.16. The highest BCUT2D eigenvalue weighted by molar-refractivity contribution is 5.38. The molecule has 0 spiro atoms. The molecule has 1 aliphatic carbocycles. The second-order valence-corrected chi connectivity index (χ2v) is 6.02. The number of methoxy groups -OCH3 is 1. The fourth-order valence-electron chi connectivity index (χ4n) is 3.49. The van der Waals surface area contributed by atoms with Gasteiger partial charge in [0.2, 0.25) is 0 Å². The summed E-state index contributed by atoms with van der Waals surface area (Å²) in [7, 11) is 6.03. The van der Waals surface area contributed by atoms with Gasteiger partial charge in [0, 0.05) is 11.5 Å². The molecule has 1 saturated carbocycles. The topological polar surface area (TPSA) is 38.5 Å². The molecule has 0 amide bonds. The molecule has 3 heteroatoms. The summed E-state index contributed by atoms with van der Waals surface area (Å²) >= 11 is 0. The monoisotopic (exact) mass is 262 g/mol. The zero-order chi connectivity index (χ0) is 14.0. The SMILES string of the molecule is COc1ccc(C(N(C)C)C2(CN)CCC2)cc1C. The zero-order valence-corrected chi connectivity index (χ0v) is 12.6. The Morgan fingerprint density at radius 2 is 2.05 bits per heavy atom. The minimum absolute atomic E-state index is 0.254. The van der Waals surface area contributed by atoms with Gasteiger partial charge >= 0.3 is 0 Å². The molecule has 1 atom stereocenters. The number of nitrogens with zero attached hydrogens (tertiary/aromatic N) is 1. The van der Waals surface area contributed by atoms with Crippen LogP contribution in [0, 0.1) is 12.3 Å². The van der Waals surface area contributed by atoms with Gasteiger partial charge in [0.1, 0.15) is 5.75 Å². The van der Waals surface area contributed by atoms with Gasteiger partial charge in [0.05, 0.1) is 7.11 Å². The van der Waals surface area contributed by atoms with E-state index in [1.807, 2.05) is 0 Å². The summed E-state index contributed by atoms with van der Waals surface area (Å²) in [4.78, 5) is 2.31. The van der Waals surface area contributed by atoms with Crippen molar-refractivity contribution in [3.8, 4) is 5.75 Å². The minimum atomic E-state index is 0.254. The van der Waals surface area contributed by atoms with Crippen LogP contribution < -0.4 is 10.5 Å². The van der Waals surface area contributed by atoms with Crippen LogP contribution in [-0.2, 0) is 0 Å².